The molecule has 2 aromatic heterocycles. The highest BCUT2D eigenvalue weighted by Crippen LogP contribution is 2.40. The standard InChI is InChI=1S/C15H22N6S/c1-2-12-19-13(17-7-6-16)8-14(20-12)21-15-18-9-11(22-15)10-4-3-5-10/h8-10H,2-7,16H2,1H3,(H2,17,18,19,20,21). The summed E-state index contributed by atoms with van der Waals surface area (Å²) in [7, 11) is 0. The first-order chi connectivity index (χ1) is 10.8. The Hall–Kier alpha value is -1.73. The first-order valence-electron chi connectivity index (χ1n) is 7.83. The van der Waals surface area contributed by atoms with E-state index in [1.165, 1.54) is 24.1 Å². The van der Waals surface area contributed by atoms with Gasteiger partial charge >= 0.3 is 0 Å². The first kappa shape index (κ1) is 15.2. The van der Waals surface area contributed by atoms with Crippen LogP contribution in [0.2, 0.25) is 0 Å². The van der Waals surface area contributed by atoms with Crippen LogP contribution < -0.4 is 16.4 Å². The molecule has 3 rings (SSSR count). The summed E-state index contributed by atoms with van der Waals surface area (Å²) in [4.78, 5) is 14.8. The summed E-state index contributed by atoms with van der Waals surface area (Å²) in [5.41, 5.74) is 5.53. The van der Waals surface area contributed by atoms with Crippen molar-refractivity contribution in [2.45, 2.75) is 38.5 Å². The molecule has 0 unspecified atom stereocenters. The van der Waals surface area contributed by atoms with E-state index in [1.54, 1.807) is 11.3 Å². The van der Waals surface area contributed by atoms with E-state index in [-0.39, 0.29) is 0 Å². The van der Waals surface area contributed by atoms with Crippen LogP contribution in [0, 0.1) is 0 Å². The highest BCUT2D eigenvalue weighted by Gasteiger charge is 2.21. The molecule has 6 nitrogen and oxygen atoms in total. The summed E-state index contributed by atoms with van der Waals surface area (Å²) in [6, 6.07) is 1.90. The zero-order valence-corrected chi connectivity index (χ0v) is 13.6. The molecule has 0 bridgehead atoms. The molecule has 2 aromatic rings. The fourth-order valence-electron chi connectivity index (χ4n) is 2.35. The van der Waals surface area contributed by atoms with Crippen molar-refractivity contribution in [3.8, 4) is 0 Å². The Morgan fingerprint density at radius 2 is 2.14 bits per heavy atom. The summed E-state index contributed by atoms with van der Waals surface area (Å²) in [6.07, 6.45) is 6.71. The van der Waals surface area contributed by atoms with E-state index < -0.39 is 0 Å². The Morgan fingerprint density at radius 1 is 1.32 bits per heavy atom. The highest BCUT2D eigenvalue weighted by molar-refractivity contribution is 7.15. The topological polar surface area (TPSA) is 88.8 Å². The van der Waals surface area contributed by atoms with Crippen LogP contribution in [-0.2, 0) is 6.42 Å². The Labute approximate surface area is 134 Å². The molecular weight excluding hydrogens is 296 g/mol. The maximum Gasteiger partial charge on any atom is 0.188 e. The van der Waals surface area contributed by atoms with E-state index in [2.05, 4.69) is 25.6 Å². The average Bonchev–Trinajstić information content (AvgIpc) is 2.91. The van der Waals surface area contributed by atoms with Crippen molar-refractivity contribution in [1.82, 2.24) is 15.0 Å². The van der Waals surface area contributed by atoms with Crippen molar-refractivity contribution >= 4 is 28.1 Å². The molecule has 1 fully saturated rings. The minimum Gasteiger partial charge on any atom is -0.369 e. The van der Waals surface area contributed by atoms with Gasteiger partial charge in [-0.2, -0.15) is 0 Å². The predicted octanol–water partition coefficient (Wildman–Crippen LogP) is 2.88. The number of nitrogens with one attached hydrogen (secondary N) is 2. The highest BCUT2D eigenvalue weighted by atomic mass is 32.1. The smallest absolute Gasteiger partial charge is 0.188 e. The number of thiazole rings is 1. The Bertz CT molecular complexity index is 622. The van der Waals surface area contributed by atoms with Gasteiger partial charge in [-0.3, -0.25) is 0 Å². The van der Waals surface area contributed by atoms with Gasteiger partial charge in [-0.1, -0.05) is 13.3 Å². The van der Waals surface area contributed by atoms with Gasteiger partial charge in [-0.15, -0.1) is 11.3 Å². The van der Waals surface area contributed by atoms with E-state index >= 15 is 0 Å². The lowest BCUT2D eigenvalue weighted by molar-refractivity contribution is 0.425. The van der Waals surface area contributed by atoms with E-state index in [1.807, 2.05) is 19.2 Å². The third kappa shape index (κ3) is 3.53. The van der Waals surface area contributed by atoms with Crippen molar-refractivity contribution in [3.63, 3.8) is 0 Å². The molecule has 4 N–H and O–H groups in total. The molecule has 0 amide bonds. The normalized spacial score (nSPS) is 14.6. The molecule has 22 heavy (non-hydrogen) atoms. The fourth-order valence-corrected chi connectivity index (χ4v) is 3.34. The molecule has 0 aromatic carbocycles. The fraction of sp³-hybridized carbons (Fsp3) is 0.533. The van der Waals surface area contributed by atoms with E-state index in [9.17, 15) is 0 Å². The van der Waals surface area contributed by atoms with Crippen LogP contribution in [0.25, 0.3) is 0 Å². The van der Waals surface area contributed by atoms with Gasteiger partial charge in [0.15, 0.2) is 5.13 Å². The first-order valence-corrected chi connectivity index (χ1v) is 8.64. The average molecular weight is 318 g/mol. The largest absolute Gasteiger partial charge is 0.369 e. The van der Waals surface area contributed by atoms with Gasteiger partial charge in [-0.25, -0.2) is 15.0 Å². The summed E-state index contributed by atoms with van der Waals surface area (Å²) in [5.74, 6) is 3.10. The molecule has 0 radical (unpaired) electrons. The van der Waals surface area contributed by atoms with Crippen LogP contribution in [0.5, 0.6) is 0 Å². The summed E-state index contributed by atoms with van der Waals surface area (Å²) >= 11 is 1.73. The minimum atomic E-state index is 0.575. The Morgan fingerprint density at radius 3 is 2.82 bits per heavy atom. The lowest BCUT2D eigenvalue weighted by Crippen LogP contribution is -2.15. The summed E-state index contributed by atoms with van der Waals surface area (Å²) in [5, 5.41) is 7.40. The van der Waals surface area contributed by atoms with Crippen LogP contribution >= 0.6 is 11.3 Å². The van der Waals surface area contributed by atoms with Gasteiger partial charge in [0.1, 0.15) is 17.5 Å². The number of hydrogen-bond acceptors (Lipinski definition) is 7. The molecule has 1 aliphatic rings. The molecule has 2 heterocycles. The Kier molecular flexibility index (Phi) is 4.84. The number of hydrogen-bond donors (Lipinski definition) is 3. The SMILES string of the molecule is CCc1nc(NCCN)cc(Nc2ncc(C3CCC3)s2)n1. The molecule has 118 valence electrons. The molecule has 0 atom stereocenters. The molecule has 1 saturated carbocycles. The number of nitrogens with zero attached hydrogens (tertiary/aromatic N) is 3. The molecule has 0 spiro atoms. The number of aromatic nitrogens is 3. The number of nitrogens with two attached hydrogens (primary N) is 1. The van der Waals surface area contributed by atoms with Crippen molar-refractivity contribution in [2.24, 2.45) is 5.73 Å². The van der Waals surface area contributed by atoms with Crippen LogP contribution in [0.15, 0.2) is 12.3 Å². The number of aryl methyl sites for hydroxylation is 1. The van der Waals surface area contributed by atoms with Crippen molar-refractivity contribution < 1.29 is 0 Å². The van der Waals surface area contributed by atoms with Gasteiger partial charge in [0.2, 0.25) is 0 Å². The van der Waals surface area contributed by atoms with Gasteiger partial charge in [0.25, 0.3) is 0 Å². The molecular formula is C15H22N6S. The lowest BCUT2D eigenvalue weighted by Gasteiger charge is -2.23. The number of rotatable bonds is 7. The van der Waals surface area contributed by atoms with Gasteiger partial charge in [0, 0.05) is 36.7 Å². The van der Waals surface area contributed by atoms with Crippen LogP contribution in [0.4, 0.5) is 16.8 Å². The molecule has 1 aliphatic carbocycles. The van der Waals surface area contributed by atoms with Crippen LogP contribution in [0.3, 0.4) is 0 Å². The second-order valence-electron chi connectivity index (χ2n) is 5.44. The second kappa shape index (κ2) is 7.02. The third-order valence-electron chi connectivity index (χ3n) is 3.81. The third-order valence-corrected chi connectivity index (χ3v) is 4.88. The van der Waals surface area contributed by atoms with E-state index in [0.717, 1.165) is 29.0 Å². The zero-order valence-electron chi connectivity index (χ0n) is 12.8. The van der Waals surface area contributed by atoms with Crippen molar-refractivity contribution in [3.05, 3.63) is 23.0 Å². The zero-order chi connectivity index (χ0) is 15.4. The van der Waals surface area contributed by atoms with E-state index in [4.69, 9.17) is 5.73 Å². The monoisotopic (exact) mass is 318 g/mol. The minimum absolute atomic E-state index is 0.575. The lowest BCUT2D eigenvalue weighted by atomic mass is 9.85. The summed E-state index contributed by atoms with van der Waals surface area (Å²) in [6.45, 7) is 3.32. The molecule has 0 saturated heterocycles. The maximum atomic E-state index is 5.53. The van der Waals surface area contributed by atoms with Crippen LogP contribution in [0.1, 0.15) is 42.8 Å². The second-order valence-corrected chi connectivity index (χ2v) is 6.51. The molecule has 0 aliphatic heterocycles. The maximum absolute atomic E-state index is 5.53. The van der Waals surface area contributed by atoms with Crippen molar-refractivity contribution in [2.75, 3.05) is 23.7 Å². The van der Waals surface area contributed by atoms with Gasteiger partial charge in [-0.05, 0) is 18.8 Å². The predicted molar refractivity (Wildman–Crippen MR) is 90.9 cm³/mol. The van der Waals surface area contributed by atoms with Gasteiger partial charge in [0.05, 0.1) is 0 Å². The van der Waals surface area contributed by atoms with E-state index in [0.29, 0.717) is 19.0 Å². The van der Waals surface area contributed by atoms with Gasteiger partial charge < -0.3 is 16.4 Å². The Balaban J connectivity index is 1.73. The summed E-state index contributed by atoms with van der Waals surface area (Å²) < 4.78 is 0. The molecule has 7 heteroatoms. The quantitative estimate of drug-likeness (QED) is 0.727. The number of anilines is 3. The van der Waals surface area contributed by atoms with Crippen molar-refractivity contribution in [1.29, 1.82) is 0 Å². The van der Waals surface area contributed by atoms with Crippen LogP contribution in [-0.4, -0.2) is 28.0 Å².